The smallest absolute Gasteiger partial charge is 0.341 e. The maximum absolute atomic E-state index is 11.8. The third-order valence-corrected chi connectivity index (χ3v) is 2.94. The highest BCUT2D eigenvalue weighted by atomic mass is 79.9. The van der Waals surface area contributed by atoms with E-state index in [1.54, 1.807) is 19.1 Å². The molecule has 0 spiro atoms. The van der Waals surface area contributed by atoms with Crippen LogP contribution >= 0.6 is 15.9 Å². The molecule has 108 valence electrons. The fourth-order valence-corrected chi connectivity index (χ4v) is 1.97. The normalized spacial score (nSPS) is 11.1. The zero-order chi connectivity index (χ0) is 15.1. The molecular formula is C15H17BrO4. The Bertz CT molecular complexity index is 535. The average Bonchev–Trinajstić information content (AvgIpc) is 2.38. The van der Waals surface area contributed by atoms with Crippen LogP contribution in [0.25, 0.3) is 6.08 Å². The Hall–Kier alpha value is -1.62. The van der Waals surface area contributed by atoms with Crippen LogP contribution < -0.4 is 4.74 Å². The molecule has 0 aliphatic carbocycles. The van der Waals surface area contributed by atoms with E-state index in [-0.39, 0.29) is 18.0 Å². The molecule has 20 heavy (non-hydrogen) atoms. The Kier molecular flexibility index (Phi) is 6.45. The fourth-order valence-electron chi connectivity index (χ4n) is 1.59. The van der Waals surface area contributed by atoms with Gasteiger partial charge < -0.3 is 9.47 Å². The molecule has 0 amide bonds. The molecular weight excluding hydrogens is 324 g/mol. The third-order valence-electron chi connectivity index (χ3n) is 2.45. The van der Waals surface area contributed by atoms with Gasteiger partial charge in [0.1, 0.15) is 11.3 Å². The Balaban J connectivity index is 3.25. The number of ketones is 1. The number of carbonyl (C=O) groups is 2. The van der Waals surface area contributed by atoms with Gasteiger partial charge in [-0.1, -0.05) is 15.9 Å². The number of hydrogen-bond acceptors (Lipinski definition) is 4. The minimum atomic E-state index is -0.623. The Morgan fingerprint density at radius 2 is 1.95 bits per heavy atom. The van der Waals surface area contributed by atoms with E-state index in [1.165, 1.54) is 13.0 Å². The zero-order valence-electron chi connectivity index (χ0n) is 11.7. The first-order valence-electron chi connectivity index (χ1n) is 6.31. The van der Waals surface area contributed by atoms with Crippen LogP contribution in [0.5, 0.6) is 5.75 Å². The van der Waals surface area contributed by atoms with E-state index >= 15 is 0 Å². The molecule has 4 nitrogen and oxygen atoms in total. The molecule has 0 unspecified atom stereocenters. The number of carbonyl (C=O) groups excluding carboxylic acids is 2. The SMILES string of the molecule is CCOC(=O)/C(=C/c1cc(Br)ccc1OCC)C(C)=O. The summed E-state index contributed by atoms with van der Waals surface area (Å²) in [5.74, 6) is -0.355. The molecule has 0 N–H and O–H groups in total. The van der Waals surface area contributed by atoms with Crippen molar-refractivity contribution in [2.75, 3.05) is 13.2 Å². The monoisotopic (exact) mass is 340 g/mol. The highest BCUT2D eigenvalue weighted by Gasteiger charge is 2.16. The molecule has 1 rings (SSSR count). The number of ether oxygens (including phenoxy) is 2. The van der Waals surface area contributed by atoms with Gasteiger partial charge in [0.2, 0.25) is 0 Å². The van der Waals surface area contributed by atoms with E-state index < -0.39 is 5.97 Å². The van der Waals surface area contributed by atoms with E-state index in [4.69, 9.17) is 9.47 Å². The van der Waals surface area contributed by atoms with Crippen molar-refractivity contribution >= 4 is 33.8 Å². The van der Waals surface area contributed by atoms with Crippen LogP contribution in [-0.2, 0) is 14.3 Å². The topological polar surface area (TPSA) is 52.6 Å². The number of Topliss-reactive ketones (excluding diaryl/α,β-unsaturated/α-hetero) is 1. The van der Waals surface area contributed by atoms with E-state index in [0.717, 1.165) is 4.47 Å². The first kappa shape index (κ1) is 16.4. The van der Waals surface area contributed by atoms with Crippen LogP contribution in [0.2, 0.25) is 0 Å². The van der Waals surface area contributed by atoms with Gasteiger partial charge in [0.05, 0.1) is 13.2 Å². The highest BCUT2D eigenvalue weighted by molar-refractivity contribution is 9.10. The van der Waals surface area contributed by atoms with E-state index in [9.17, 15) is 9.59 Å². The molecule has 0 atom stereocenters. The van der Waals surface area contributed by atoms with E-state index in [2.05, 4.69) is 15.9 Å². The predicted molar refractivity (Wildman–Crippen MR) is 80.6 cm³/mol. The van der Waals surface area contributed by atoms with Crippen molar-refractivity contribution in [1.82, 2.24) is 0 Å². The van der Waals surface area contributed by atoms with Crippen molar-refractivity contribution < 1.29 is 19.1 Å². The van der Waals surface area contributed by atoms with Gasteiger partial charge in [0.25, 0.3) is 0 Å². The van der Waals surface area contributed by atoms with Gasteiger partial charge in [-0.2, -0.15) is 0 Å². The second-order valence-corrected chi connectivity index (χ2v) is 4.87. The van der Waals surface area contributed by atoms with Crippen LogP contribution in [0.4, 0.5) is 0 Å². The van der Waals surface area contributed by atoms with Crippen LogP contribution in [0.3, 0.4) is 0 Å². The van der Waals surface area contributed by atoms with E-state index in [0.29, 0.717) is 17.9 Å². The Labute approximate surface area is 126 Å². The number of benzene rings is 1. The molecule has 0 fully saturated rings. The average molecular weight is 341 g/mol. The summed E-state index contributed by atoms with van der Waals surface area (Å²) in [6.45, 7) is 5.62. The second kappa shape index (κ2) is 7.85. The van der Waals surface area contributed by atoms with Gasteiger partial charge in [0, 0.05) is 10.0 Å². The molecule has 0 aromatic heterocycles. The molecule has 0 heterocycles. The molecule has 1 aromatic rings. The summed E-state index contributed by atoms with van der Waals surface area (Å²) in [5.41, 5.74) is 0.658. The summed E-state index contributed by atoms with van der Waals surface area (Å²) in [7, 11) is 0. The van der Waals surface area contributed by atoms with Gasteiger partial charge in [-0.15, -0.1) is 0 Å². The van der Waals surface area contributed by atoms with Gasteiger partial charge in [-0.3, -0.25) is 4.79 Å². The zero-order valence-corrected chi connectivity index (χ0v) is 13.3. The summed E-state index contributed by atoms with van der Waals surface area (Å²) in [6, 6.07) is 5.40. The molecule has 0 aliphatic rings. The summed E-state index contributed by atoms with van der Waals surface area (Å²) in [6.07, 6.45) is 1.50. The van der Waals surface area contributed by atoms with Crippen LogP contribution in [0.15, 0.2) is 28.2 Å². The number of halogens is 1. The lowest BCUT2D eigenvalue weighted by atomic mass is 10.1. The summed E-state index contributed by atoms with van der Waals surface area (Å²) < 4.78 is 11.2. The molecule has 0 saturated heterocycles. The molecule has 1 aromatic carbocycles. The summed E-state index contributed by atoms with van der Waals surface area (Å²) in [4.78, 5) is 23.4. The highest BCUT2D eigenvalue weighted by Crippen LogP contribution is 2.26. The Morgan fingerprint density at radius 3 is 2.50 bits per heavy atom. The third kappa shape index (κ3) is 4.49. The van der Waals surface area contributed by atoms with Crippen molar-refractivity contribution in [3.05, 3.63) is 33.8 Å². The maximum Gasteiger partial charge on any atom is 0.341 e. The number of rotatable bonds is 6. The number of esters is 1. The maximum atomic E-state index is 11.8. The minimum absolute atomic E-state index is 0.00547. The first-order valence-corrected chi connectivity index (χ1v) is 7.11. The van der Waals surface area contributed by atoms with E-state index in [1.807, 2.05) is 13.0 Å². The van der Waals surface area contributed by atoms with Crippen molar-refractivity contribution in [1.29, 1.82) is 0 Å². The van der Waals surface area contributed by atoms with Crippen LogP contribution in [0, 0.1) is 0 Å². The van der Waals surface area contributed by atoms with Crippen molar-refractivity contribution in [3.63, 3.8) is 0 Å². The molecule has 0 aliphatic heterocycles. The van der Waals surface area contributed by atoms with Crippen molar-refractivity contribution in [2.24, 2.45) is 0 Å². The molecule has 5 heteroatoms. The fraction of sp³-hybridized carbons (Fsp3) is 0.333. The van der Waals surface area contributed by atoms with Crippen LogP contribution in [0.1, 0.15) is 26.3 Å². The number of hydrogen-bond donors (Lipinski definition) is 0. The van der Waals surface area contributed by atoms with Gasteiger partial charge >= 0.3 is 5.97 Å². The summed E-state index contributed by atoms with van der Waals surface area (Å²) >= 11 is 3.36. The Morgan fingerprint density at radius 1 is 1.25 bits per heavy atom. The second-order valence-electron chi connectivity index (χ2n) is 3.95. The standard InChI is InChI=1S/C15H17BrO4/c1-4-19-14-7-6-12(16)8-11(14)9-13(10(3)17)15(18)20-5-2/h6-9H,4-5H2,1-3H3/b13-9+. The molecule has 0 saturated carbocycles. The summed E-state index contributed by atoms with van der Waals surface area (Å²) in [5, 5.41) is 0. The first-order chi connectivity index (χ1) is 9.49. The van der Waals surface area contributed by atoms with Crippen LogP contribution in [-0.4, -0.2) is 25.0 Å². The predicted octanol–water partition coefficient (Wildman–Crippen LogP) is 3.38. The largest absolute Gasteiger partial charge is 0.493 e. The van der Waals surface area contributed by atoms with Gasteiger partial charge in [0.15, 0.2) is 5.78 Å². The minimum Gasteiger partial charge on any atom is -0.493 e. The van der Waals surface area contributed by atoms with Gasteiger partial charge in [-0.25, -0.2) is 4.79 Å². The lowest BCUT2D eigenvalue weighted by molar-refractivity contribution is -0.139. The van der Waals surface area contributed by atoms with Crippen molar-refractivity contribution in [2.45, 2.75) is 20.8 Å². The molecule has 0 bridgehead atoms. The quantitative estimate of drug-likeness (QED) is 0.344. The molecule has 0 radical (unpaired) electrons. The lowest BCUT2D eigenvalue weighted by Gasteiger charge is -2.09. The van der Waals surface area contributed by atoms with Gasteiger partial charge in [-0.05, 0) is 45.0 Å². The van der Waals surface area contributed by atoms with Crippen molar-refractivity contribution in [3.8, 4) is 5.75 Å². The lowest BCUT2D eigenvalue weighted by Crippen LogP contribution is -2.13.